The van der Waals surface area contributed by atoms with Crippen LogP contribution in [-0.4, -0.2) is 61.1 Å². The monoisotopic (exact) mass is 446 g/mol. The summed E-state index contributed by atoms with van der Waals surface area (Å²) in [5.74, 6) is 3.11. The highest BCUT2D eigenvalue weighted by Crippen LogP contribution is 2.44. The van der Waals surface area contributed by atoms with E-state index in [0.29, 0.717) is 6.04 Å². The second-order valence-electron chi connectivity index (χ2n) is 8.23. The normalized spacial score (nSPS) is 35.1. The highest BCUT2D eigenvalue weighted by Gasteiger charge is 2.44. The zero-order chi connectivity index (χ0) is 15.6. The molecule has 4 aliphatic rings. The Morgan fingerprint density at radius 2 is 1.71 bits per heavy atom. The van der Waals surface area contributed by atoms with E-state index in [2.05, 4.69) is 20.1 Å². The molecule has 0 spiro atoms. The van der Waals surface area contributed by atoms with E-state index < -0.39 is 0 Å². The minimum Gasteiger partial charge on any atom is -0.353 e. The molecule has 24 heavy (non-hydrogen) atoms. The van der Waals surface area contributed by atoms with Gasteiger partial charge in [-0.2, -0.15) is 0 Å². The van der Waals surface area contributed by atoms with Crippen molar-refractivity contribution in [3.05, 3.63) is 0 Å². The predicted octanol–water partition coefficient (Wildman–Crippen LogP) is 3.32. The lowest BCUT2D eigenvalue weighted by molar-refractivity contribution is 0.249. The number of aliphatic imine (C=N–C) groups is 1. The first-order valence-corrected chi connectivity index (χ1v) is 10.1. The second kappa shape index (κ2) is 8.56. The maximum Gasteiger partial charge on any atom is 0.193 e. The minimum atomic E-state index is 0. The Bertz CT molecular complexity index is 429. The SMILES string of the molecule is CN=C(NC1CC1C1CCCCC1)N1CCC(N2CCCC2)C1.I. The molecule has 0 bridgehead atoms. The Hall–Kier alpha value is -0.0400. The fourth-order valence-corrected chi connectivity index (χ4v) is 5.27. The third-order valence-corrected chi connectivity index (χ3v) is 6.74. The van der Waals surface area contributed by atoms with Crippen LogP contribution in [0.25, 0.3) is 0 Å². The number of hydrogen-bond acceptors (Lipinski definition) is 2. The highest BCUT2D eigenvalue weighted by molar-refractivity contribution is 14.0. The van der Waals surface area contributed by atoms with E-state index in [1.807, 2.05) is 7.05 Å². The summed E-state index contributed by atoms with van der Waals surface area (Å²) in [7, 11) is 1.96. The van der Waals surface area contributed by atoms with Crippen LogP contribution < -0.4 is 5.32 Å². The predicted molar refractivity (Wildman–Crippen MR) is 111 cm³/mol. The second-order valence-corrected chi connectivity index (χ2v) is 8.23. The van der Waals surface area contributed by atoms with Gasteiger partial charge in [-0.3, -0.25) is 9.89 Å². The van der Waals surface area contributed by atoms with Gasteiger partial charge in [-0.1, -0.05) is 32.1 Å². The molecule has 2 saturated heterocycles. The van der Waals surface area contributed by atoms with Crippen LogP contribution in [0.3, 0.4) is 0 Å². The summed E-state index contributed by atoms with van der Waals surface area (Å²) in [5.41, 5.74) is 0. The van der Waals surface area contributed by atoms with Crippen LogP contribution >= 0.6 is 24.0 Å². The van der Waals surface area contributed by atoms with E-state index in [4.69, 9.17) is 0 Å². The molecule has 0 aromatic heterocycles. The molecule has 2 aliphatic carbocycles. The summed E-state index contributed by atoms with van der Waals surface area (Å²) >= 11 is 0. The maximum absolute atomic E-state index is 4.60. The highest BCUT2D eigenvalue weighted by atomic mass is 127. The standard InChI is InChI=1S/C19H34N4.HI/c1-20-19(21-18-13-17(18)15-7-3-2-4-8-15)23-12-9-16(14-23)22-10-5-6-11-22;/h15-18H,2-14H2,1H3,(H,20,21);1H. The number of guanidine groups is 1. The molecule has 3 atom stereocenters. The van der Waals surface area contributed by atoms with Gasteiger partial charge in [-0.05, 0) is 50.6 Å². The molecule has 4 rings (SSSR count). The smallest absolute Gasteiger partial charge is 0.193 e. The van der Waals surface area contributed by atoms with Crippen LogP contribution in [0.5, 0.6) is 0 Å². The number of likely N-dealkylation sites (tertiary alicyclic amines) is 2. The molecule has 2 saturated carbocycles. The van der Waals surface area contributed by atoms with Gasteiger partial charge < -0.3 is 10.2 Å². The Labute approximate surface area is 164 Å². The third-order valence-electron chi connectivity index (χ3n) is 6.74. The molecular formula is C19H35IN4. The van der Waals surface area contributed by atoms with Gasteiger partial charge in [-0.15, -0.1) is 24.0 Å². The lowest BCUT2D eigenvalue weighted by Crippen LogP contribution is -2.44. The summed E-state index contributed by atoms with van der Waals surface area (Å²) in [4.78, 5) is 9.82. The van der Waals surface area contributed by atoms with Gasteiger partial charge in [0.25, 0.3) is 0 Å². The van der Waals surface area contributed by atoms with Crippen molar-refractivity contribution in [2.45, 2.75) is 69.9 Å². The molecule has 0 radical (unpaired) electrons. The van der Waals surface area contributed by atoms with Crippen molar-refractivity contribution < 1.29 is 0 Å². The minimum absolute atomic E-state index is 0. The van der Waals surface area contributed by atoms with E-state index in [-0.39, 0.29) is 24.0 Å². The molecule has 3 unspecified atom stereocenters. The Morgan fingerprint density at radius 1 is 0.958 bits per heavy atom. The lowest BCUT2D eigenvalue weighted by Gasteiger charge is -2.26. The van der Waals surface area contributed by atoms with Crippen molar-refractivity contribution in [1.82, 2.24) is 15.1 Å². The van der Waals surface area contributed by atoms with Crippen molar-refractivity contribution in [2.24, 2.45) is 16.8 Å². The summed E-state index contributed by atoms with van der Waals surface area (Å²) in [6, 6.07) is 1.48. The lowest BCUT2D eigenvalue weighted by atomic mass is 9.85. The summed E-state index contributed by atoms with van der Waals surface area (Å²) in [6.07, 6.45) is 12.8. The van der Waals surface area contributed by atoms with Gasteiger partial charge in [0.2, 0.25) is 0 Å². The molecular weight excluding hydrogens is 411 g/mol. The fraction of sp³-hybridized carbons (Fsp3) is 0.947. The topological polar surface area (TPSA) is 30.9 Å². The molecule has 0 aromatic rings. The average Bonchev–Trinajstić information content (AvgIpc) is 2.99. The number of halogens is 1. The van der Waals surface area contributed by atoms with Gasteiger partial charge in [0.1, 0.15) is 0 Å². The van der Waals surface area contributed by atoms with E-state index in [1.54, 1.807) is 0 Å². The molecule has 0 aromatic carbocycles. The maximum atomic E-state index is 4.60. The van der Waals surface area contributed by atoms with Gasteiger partial charge in [0.05, 0.1) is 0 Å². The van der Waals surface area contributed by atoms with Crippen LogP contribution in [0, 0.1) is 11.8 Å². The van der Waals surface area contributed by atoms with E-state index in [9.17, 15) is 0 Å². The number of hydrogen-bond donors (Lipinski definition) is 1. The average molecular weight is 446 g/mol. The molecule has 2 heterocycles. The first-order chi connectivity index (χ1) is 11.3. The molecule has 1 N–H and O–H groups in total. The number of rotatable bonds is 3. The van der Waals surface area contributed by atoms with Gasteiger partial charge in [0.15, 0.2) is 5.96 Å². The first-order valence-electron chi connectivity index (χ1n) is 10.1. The molecule has 4 nitrogen and oxygen atoms in total. The zero-order valence-corrected chi connectivity index (χ0v) is 17.6. The largest absolute Gasteiger partial charge is 0.353 e. The summed E-state index contributed by atoms with van der Waals surface area (Å²) in [6.45, 7) is 5.00. The van der Waals surface area contributed by atoms with Crippen LogP contribution in [0.1, 0.15) is 57.8 Å². The van der Waals surface area contributed by atoms with Crippen LogP contribution in [-0.2, 0) is 0 Å². The third kappa shape index (κ3) is 4.19. The molecule has 2 aliphatic heterocycles. The number of nitrogens with zero attached hydrogens (tertiary/aromatic N) is 3. The summed E-state index contributed by atoms with van der Waals surface area (Å²) in [5, 5.41) is 3.80. The van der Waals surface area contributed by atoms with Crippen LogP contribution in [0.4, 0.5) is 0 Å². The van der Waals surface area contributed by atoms with Crippen LogP contribution in [0.15, 0.2) is 4.99 Å². The molecule has 5 heteroatoms. The van der Waals surface area contributed by atoms with Crippen molar-refractivity contribution in [2.75, 3.05) is 33.2 Å². The Morgan fingerprint density at radius 3 is 2.42 bits per heavy atom. The van der Waals surface area contributed by atoms with Crippen molar-refractivity contribution in [3.8, 4) is 0 Å². The number of nitrogens with one attached hydrogen (secondary N) is 1. The fourth-order valence-electron chi connectivity index (χ4n) is 5.27. The molecule has 138 valence electrons. The van der Waals surface area contributed by atoms with Gasteiger partial charge in [-0.25, -0.2) is 0 Å². The first kappa shape index (κ1) is 18.7. The molecule has 0 amide bonds. The Balaban J connectivity index is 0.00000169. The molecule has 4 fully saturated rings. The zero-order valence-electron chi connectivity index (χ0n) is 15.3. The van der Waals surface area contributed by atoms with Gasteiger partial charge in [0, 0.05) is 32.2 Å². The van der Waals surface area contributed by atoms with Crippen molar-refractivity contribution in [3.63, 3.8) is 0 Å². The summed E-state index contributed by atoms with van der Waals surface area (Å²) < 4.78 is 0. The van der Waals surface area contributed by atoms with Crippen molar-refractivity contribution in [1.29, 1.82) is 0 Å². The quantitative estimate of drug-likeness (QED) is 0.410. The van der Waals surface area contributed by atoms with Gasteiger partial charge >= 0.3 is 0 Å². The van der Waals surface area contributed by atoms with E-state index >= 15 is 0 Å². The van der Waals surface area contributed by atoms with E-state index in [0.717, 1.165) is 17.9 Å². The van der Waals surface area contributed by atoms with Crippen LogP contribution in [0.2, 0.25) is 0 Å². The Kier molecular flexibility index (Phi) is 6.69. The van der Waals surface area contributed by atoms with E-state index in [1.165, 1.54) is 89.9 Å². The van der Waals surface area contributed by atoms with Crippen molar-refractivity contribution >= 4 is 29.9 Å².